The molecule has 0 radical (unpaired) electrons. The van der Waals surface area contributed by atoms with E-state index in [1.807, 2.05) is 66.1 Å². The number of aromatic nitrogens is 3. The third-order valence-electron chi connectivity index (χ3n) is 6.07. The number of aryl methyl sites for hydroxylation is 2. The number of carbonyl (C=O) groups excluding carboxylic acids is 2. The van der Waals surface area contributed by atoms with Gasteiger partial charge in [0, 0.05) is 36.6 Å². The number of pyridine rings is 2. The van der Waals surface area contributed by atoms with E-state index in [-0.39, 0.29) is 17.9 Å². The van der Waals surface area contributed by atoms with Gasteiger partial charge in [0.1, 0.15) is 11.3 Å². The normalized spacial score (nSPS) is 14.8. The lowest BCUT2D eigenvalue weighted by Crippen LogP contribution is -2.28. The van der Waals surface area contributed by atoms with Crippen LogP contribution >= 0.6 is 0 Å². The van der Waals surface area contributed by atoms with Gasteiger partial charge in [-0.1, -0.05) is 18.2 Å². The average molecular weight is 440 g/mol. The van der Waals surface area contributed by atoms with Crippen LogP contribution in [0.1, 0.15) is 55.7 Å². The van der Waals surface area contributed by atoms with Crippen molar-refractivity contribution in [2.24, 2.45) is 0 Å². The van der Waals surface area contributed by atoms with Crippen molar-refractivity contribution in [2.45, 2.75) is 32.2 Å². The first-order valence-electron chi connectivity index (χ1n) is 11.1. The number of rotatable bonds is 6. The lowest BCUT2D eigenvalue weighted by atomic mass is 10.0. The summed E-state index contributed by atoms with van der Waals surface area (Å²) < 4.78 is 1.82. The number of hydrogen-bond donors (Lipinski definition) is 2. The number of amides is 2. The van der Waals surface area contributed by atoms with Gasteiger partial charge in [-0.3, -0.25) is 19.0 Å². The second kappa shape index (κ2) is 8.86. The summed E-state index contributed by atoms with van der Waals surface area (Å²) in [4.78, 5) is 34.2. The van der Waals surface area contributed by atoms with E-state index in [1.54, 1.807) is 12.4 Å². The van der Waals surface area contributed by atoms with Crippen molar-refractivity contribution >= 4 is 17.5 Å². The van der Waals surface area contributed by atoms with Crippen LogP contribution in [-0.2, 0) is 12.8 Å². The zero-order chi connectivity index (χ0) is 22.8. The van der Waals surface area contributed by atoms with Gasteiger partial charge in [0.25, 0.3) is 11.8 Å². The van der Waals surface area contributed by atoms with Gasteiger partial charge in [-0.2, -0.15) is 0 Å². The molecule has 1 aliphatic carbocycles. The molecule has 2 N–H and O–H groups in total. The summed E-state index contributed by atoms with van der Waals surface area (Å²) >= 11 is 0. The van der Waals surface area contributed by atoms with Gasteiger partial charge in [-0.05, 0) is 66.8 Å². The van der Waals surface area contributed by atoms with E-state index in [0.29, 0.717) is 24.2 Å². The molecule has 0 spiro atoms. The number of hydrogen-bond acceptors (Lipinski definition) is 4. The van der Waals surface area contributed by atoms with Crippen LogP contribution in [-0.4, -0.2) is 32.7 Å². The predicted octanol–water partition coefficient (Wildman–Crippen LogP) is 3.43. The average Bonchev–Trinajstić information content (AvgIpc) is 3.43. The maximum atomic E-state index is 13.0. The van der Waals surface area contributed by atoms with Gasteiger partial charge in [0.2, 0.25) is 0 Å². The maximum Gasteiger partial charge on any atom is 0.270 e. The highest BCUT2D eigenvalue weighted by Crippen LogP contribution is 2.32. The fraction of sp³-hybridized carbons (Fsp3) is 0.231. The molecule has 1 atom stereocenters. The largest absolute Gasteiger partial charge is 0.352 e. The molecular weight excluding hydrogens is 414 g/mol. The van der Waals surface area contributed by atoms with E-state index in [2.05, 4.69) is 20.6 Å². The van der Waals surface area contributed by atoms with Crippen LogP contribution in [0.5, 0.6) is 0 Å². The van der Waals surface area contributed by atoms with Crippen LogP contribution in [0.3, 0.4) is 0 Å². The van der Waals surface area contributed by atoms with E-state index in [0.717, 1.165) is 40.9 Å². The van der Waals surface area contributed by atoms with Crippen LogP contribution in [0.4, 0.5) is 0 Å². The summed E-state index contributed by atoms with van der Waals surface area (Å²) in [7, 11) is 0. The van der Waals surface area contributed by atoms with E-state index >= 15 is 0 Å². The highest BCUT2D eigenvalue weighted by molar-refractivity contribution is 5.95. The minimum absolute atomic E-state index is 0.0795. The summed E-state index contributed by atoms with van der Waals surface area (Å²) in [5.41, 5.74) is 6.09. The van der Waals surface area contributed by atoms with Crippen molar-refractivity contribution in [3.8, 4) is 0 Å². The van der Waals surface area contributed by atoms with Crippen molar-refractivity contribution in [3.05, 3.63) is 101 Å². The molecule has 2 amide bonds. The quantitative estimate of drug-likeness (QED) is 0.482. The molecule has 7 heteroatoms. The molecule has 3 aromatic heterocycles. The summed E-state index contributed by atoms with van der Waals surface area (Å²) in [6.07, 6.45) is 7.60. The molecule has 7 nitrogen and oxygen atoms in total. The zero-order valence-electron chi connectivity index (χ0n) is 18.4. The summed E-state index contributed by atoms with van der Waals surface area (Å²) in [6.45, 7) is 2.52. The number of nitrogens with one attached hydrogen (secondary N) is 2. The Morgan fingerprint density at radius 2 is 2.00 bits per heavy atom. The van der Waals surface area contributed by atoms with Gasteiger partial charge in [0.05, 0.1) is 12.2 Å². The van der Waals surface area contributed by atoms with Gasteiger partial charge >= 0.3 is 0 Å². The molecule has 0 saturated heterocycles. The van der Waals surface area contributed by atoms with Gasteiger partial charge in [0.15, 0.2) is 0 Å². The first kappa shape index (κ1) is 20.9. The Bertz CT molecular complexity index is 1330. The lowest BCUT2D eigenvalue weighted by molar-refractivity contribution is 0.0927. The molecule has 1 aliphatic rings. The first-order chi connectivity index (χ1) is 16.1. The maximum absolute atomic E-state index is 13.0. The molecule has 5 rings (SSSR count). The molecule has 3 heterocycles. The fourth-order valence-corrected chi connectivity index (χ4v) is 4.35. The Balaban J connectivity index is 1.24. The standard InChI is InChI=1S/C26H25N5O2/c1-17-5-10-24-29-15-23(31(24)16-17)26(33)30-22-9-7-18-14-19(6-8-21(18)22)25(32)28-13-11-20-4-2-3-12-27-20/h2-6,8,10,12,14-16,22H,7,9,11,13H2,1H3,(H,28,32)(H,30,33)/t22-/m1/s1. The van der Waals surface area contributed by atoms with Crippen LogP contribution in [0.15, 0.2) is 67.1 Å². The van der Waals surface area contributed by atoms with Crippen LogP contribution in [0.25, 0.3) is 5.65 Å². The summed E-state index contributed by atoms with van der Waals surface area (Å²) in [5, 5.41) is 6.11. The predicted molar refractivity (Wildman–Crippen MR) is 125 cm³/mol. The second-order valence-electron chi connectivity index (χ2n) is 8.38. The summed E-state index contributed by atoms with van der Waals surface area (Å²) in [5.74, 6) is -0.246. The Morgan fingerprint density at radius 3 is 2.85 bits per heavy atom. The molecule has 166 valence electrons. The van der Waals surface area contributed by atoms with E-state index in [4.69, 9.17) is 0 Å². The summed E-state index contributed by atoms with van der Waals surface area (Å²) in [6, 6.07) is 15.3. The Hall–Kier alpha value is -4.00. The van der Waals surface area contributed by atoms with Crippen molar-refractivity contribution in [1.29, 1.82) is 0 Å². The van der Waals surface area contributed by atoms with E-state index in [1.165, 1.54) is 0 Å². The first-order valence-corrected chi connectivity index (χ1v) is 11.1. The molecule has 4 aromatic rings. The number of fused-ring (bicyclic) bond motifs is 2. The van der Waals surface area contributed by atoms with Crippen molar-refractivity contribution in [2.75, 3.05) is 6.54 Å². The molecule has 0 aliphatic heterocycles. The molecule has 33 heavy (non-hydrogen) atoms. The van der Waals surface area contributed by atoms with Crippen LogP contribution in [0, 0.1) is 6.92 Å². The highest BCUT2D eigenvalue weighted by atomic mass is 16.2. The minimum atomic E-state index is -0.151. The van der Waals surface area contributed by atoms with Gasteiger partial charge in [-0.25, -0.2) is 4.98 Å². The highest BCUT2D eigenvalue weighted by Gasteiger charge is 2.26. The number of benzene rings is 1. The molecule has 1 aromatic carbocycles. The molecule has 0 fully saturated rings. The third kappa shape index (κ3) is 4.35. The number of carbonyl (C=O) groups is 2. The molecular formula is C26H25N5O2. The zero-order valence-corrected chi connectivity index (χ0v) is 18.4. The van der Waals surface area contributed by atoms with E-state index in [9.17, 15) is 9.59 Å². The molecule has 0 unspecified atom stereocenters. The van der Waals surface area contributed by atoms with Gasteiger partial charge in [-0.15, -0.1) is 0 Å². The fourth-order valence-electron chi connectivity index (χ4n) is 4.35. The Morgan fingerprint density at radius 1 is 1.09 bits per heavy atom. The number of nitrogens with zero attached hydrogens (tertiary/aromatic N) is 3. The topological polar surface area (TPSA) is 88.4 Å². The third-order valence-corrected chi connectivity index (χ3v) is 6.07. The van der Waals surface area contributed by atoms with E-state index < -0.39 is 0 Å². The van der Waals surface area contributed by atoms with Crippen molar-refractivity contribution in [3.63, 3.8) is 0 Å². The Labute approximate surface area is 191 Å². The molecule has 0 saturated carbocycles. The monoisotopic (exact) mass is 439 g/mol. The second-order valence-corrected chi connectivity index (χ2v) is 8.38. The smallest absolute Gasteiger partial charge is 0.270 e. The van der Waals surface area contributed by atoms with Crippen LogP contribution < -0.4 is 10.6 Å². The SMILES string of the molecule is Cc1ccc2ncc(C(=O)N[C@@H]3CCc4cc(C(=O)NCCc5ccccn5)ccc43)n2c1. The van der Waals surface area contributed by atoms with Crippen molar-refractivity contribution in [1.82, 2.24) is 25.0 Å². The number of imidazole rings is 1. The molecule has 0 bridgehead atoms. The minimum Gasteiger partial charge on any atom is -0.352 e. The van der Waals surface area contributed by atoms with Gasteiger partial charge < -0.3 is 10.6 Å². The lowest BCUT2D eigenvalue weighted by Gasteiger charge is -2.14. The Kier molecular flexibility index (Phi) is 5.60. The van der Waals surface area contributed by atoms with Crippen molar-refractivity contribution < 1.29 is 9.59 Å². The van der Waals surface area contributed by atoms with Crippen LogP contribution in [0.2, 0.25) is 0 Å².